The molecule has 62 heavy (non-hydrogen) atoms. The van der Waals surface area contributed by atoms with Gasteiger partial charge in [0.2, 0.25) is 5.76 Å². The second-order valence-corrected chi connectivity index (χ2v) is 17.6. The normalized spacial score (nSPS) is 41.6. The highest BCUT2D eigenvalue weighted by molar-refractivity contribution is 5.87. The van der Waals surface area contributed by atoms with E-state index in [-0.39, 0.29) is 30.4 Å². The highest BCUT2D eigenvalue weighted by Crippen LogP contribution is 2.42. The molecule has 7 N–H and O–H groups in total. The van der Waals surface area contributed by atoms with Crippen LogP contribution in [-0.2, 0) is 42.7 Å². The molecule has 0 radical (unpaired) electrons. The molecule has 0 aromatic carbocycles. The van der Waals surface area contributed by atoms with Crippen LogP contribution in [0.3, 0.4) is 0 Å². The fourth-order valence-electron chi connectivity index (χ4n) is 8.76. The van der Waals surface area contributed by atoms with Crippen LogP contribution in [0.2, 0.25) is 0 Å². The van der Waals surface area contributed by atoms with E-state index in [9.17, 15) is 39.9 Å². The van der Waals surface area contributed by atoms with Crippen LogP contribution in [0.5, 0.6) is 0 Å². The van der Waals surface area contributed by atoms with E-state index in [1.165, 1.54) is 26.2 Å². The SMILES string of the molecule is C/C=C/[C@H]1O[C@@](O)([C@@H](C)[C@H](O)[C@H](C)[C@H]2OC(=O)/C(OC)=C/C(C)=C/[C@@H](C)[C@@H](O)[C@@H](C)[C@@H](O)[C@H](C)C/C(C)=C/C=C/[C@@H]2O)C[C@@H](O[C@@H]2C[C@H](OC(C)=O)[C@@H](OC(N)=O)[C@H](C)O2)[C@@H]1C. The monoisotopic (exact) mass is 879 g/mol. The molecule has 2 saturated heterocycles. The van der Waals surface area contributed by atoms with Gasteiger partial charge in [-0.25, -0.2) is 9.59 Å². The Morgan fingerprint density at radius 3 is 2.27 bits per heavy atom. The summed E-state index contributed by atoms with van der Waals surface area (Å²) in [6.45, 7) is 18.8. The van der Waals surface area contributed by atoms with Gasteiger partial charge < -0.3 is 64.4 Å². The van der Waals surface area contributed by atoms with Gasteiger partial charge in [-0.2, -0.15) is 0 Å². The number of amides is 1. The number of ether oxygens (including phenoxy) is 7. The number of aliphatic hydroxyl groups is 5. The first kappa shape index (κ1) is 52.7. The largest absolute Gasteiger partial charge is 0.490 e. The number of primary amides is 1. The average Bonchev–Trinajstić information content (AvgIpc) is 3.19. The van der Waals surface area contributed by atoms with Gasteiger partial charge >= 0.3 is 18.0 Å². The molecule has 3 aliphatic rings. The minimum absolute atomic E-state index is 0.0184. The predicted molar refractivity (Wildman–Crippen MR) is 228 cm³/mol. The lowest BCUT2D eigenvalue weighted by Crippen LogP contribution is -2.59. The Kier molecular flexibility index (Phi) is 19.9. The lowest BCUT2D eigenvalue weighted by Gasteiger charge is -2.50. The smallest absolute Gasteiger partial charge is 0.404 e. The number of nitrogens with two attached hydrogens (primary N) is 1. The molecule has 0 aromatic rings. The van der Waals surface area contributed by atoms with Crippen LogP contribution in [0, 0.1) is 35.5 Å². The summed E-state index contributed by atoms with van der Waals surface area (Å²) < 4.78 is 40.9. The van der Waals surface area contributed by atoms with E-state index in [4.69, 9.17) is 38.9 Å². The Bertz CT molecular complexity index is 1660. The lowest BCUT2D eigenvalue weighted by atomic mass is 9.77. The van der Waals surface area contributed by atoms with Gasteiger partial charge in [-0.3, -0.25) is 4.79 Å². The Morgan fingerprint density at radius 2 is 1.68 bits per heavy atom. The van der Waals surface area contributed by atoms with Crippen LogP contribution in [0.25, 0.3) is 0 Å². The molecule has 16 nitrogen and oxygen atoms in total. The van der Waals surface area contributed by atoms with Crippen molar-refractivity contribution in [2.24, 2.45) is 41.2 Å². The van der Waals surface area contributed by atoms with Gasteiger partial charge in [0, 0.05) is 49.4 Å². The third kappa shape index (κ3) is 13.9. The van der Waals surface area contributed by atoms with Crippen LogP contribution in [0.15, 0.2) is 59.4 Å². The zero-order chi connectivity index (χ0) is 46.8. The number of carbonyl (C=O) groups excluding carboxylic acids is 3. The predicted octanol–water partition coefficient (Wildman–Crippen LogP) is 4.51. The number of esters is 2. The van der Waals surface area contributed by atoms with E-state index in [1.807, 2.05) is 27.7 Å². The molecule has 3 rings (SSSR count). The van der Waals surface area contributed by atoms with E-state index in [0.717, 1.165) is 5.57 Å². The van der Waals surface area contributed by atoms with Crippen molar-refractivity contribution in [1.29, 1.82) is 0 Å². The summed E-state index contributed by atoms with van der Waals surface area (Å²) in [5, 5.41) is 58.3. The molecule has 0 aromatic heterocycles. The number of allylic oxidation sites excluding steroid dienone is 6. The maximum atomic E-state index is 13.8. The van der Waals surface area contributed by atoms with Crippen LogP contribution >= 0.6 is 0 Å². The summed E-state index contributed by atoms with van der Waals surface area (Å²) >= 11 is 0. The first-order valence-corrected chi connectivity index (χ1v) is 21.6. The number of methoxy groups -OCH3 is 1. The third-order valence-electron chi connectivity index (χ3n) is 12.5. The van der Waals surface area contributed by atoms with Crippen molar-refractivity contribution in [1.82, 2.24) is 0 Å². The number of rotatable bonds is 10. The van der Waals surface area contributed by atoms with Crippen LogP contribution < -0.4 is 5.73 Å². The minimum Gasteiger partial charge on any atom is -0.490 e. The Balaban J connectivity index is 1.98. The van der Waals surface area contributed by atoms with Gasteiger partial charge in [0.05, 0.1) is 43.7 Å². The summed E-state index contributed by atoms with van der Waals surface area (Å²) in [5.74, 6) is -7.28. The standard InChI is InChI=1S/C46H73NO15/c1-13-15-34-27(6)37(59-38-21-35(58-32(11)48)43(31(10)57-38)61-45(47)54)22-46(55,62-34)30(9)41(52)29(8)42-33(49)17-14-16-23(2)18-25(4)39(50)28(7)40(51)26(5)19-24(3)20-36(56-12)44(53)60-42/h13-17,19-20,25-31,33-35,37-43,49-52,55H,18,21-22H2,1-12H3,(H2,47,54)/b15-13+,17-14+,23-16+,24-19+,36-20-/t25-,26-,27-,28+,29+,30+,31+,33+,34-,35+,37-,38-,39+,40-,41-,42-,43+,46-/m1/s1. The summed E-state index contributed by atoms with van der Waals surface area (Å²) in [7, 11) is 1.29. The van der Waals surface area contributed by atoms with Crippen LogP contribution in [-0.4, -0.2) is 124 Å². The van der Waals surface area contributed by atoms with Crippen molar-refractivity contribution in [2.75, 3.05) is 7.11 Å². The molecule has 0 bridgehead atoms. The number of carbonyl (C=O) groups is 3. The molecule has 1 amide bonds. The highest BCUT2D eigenvalue weighted by atomic mass is 16.7. The fourth-order valence-corrected chi connectivity index (χ4v) is 8.76. The average molecular weight is 880 g/mol. The van der Waals surface area contributed by atoms with Crippen LogP contribution in [0.4, 0.5) is 4.79 Å². The maximum Gasteiger partial charge on any atom is 0.404 e. The Labute approximate surface area is 366 Å². The number of aliphatic hydroxyl groups excluding tert-OH is 4. The first-order chi connectivity index (χ1) is 28.9. The van der Waals surface area contributed by atoms with E-state index < -0.39 is 115 Å². The summed E-state index contributed by atoms with van der Waals surface area (Å²) in [4.78, 5) is 37.4. The van der Waals surface area contributed by atoms with Gasteiger partial charge in [0.1, 0.15) is 18.3 Å². The number of hydrogen-bond acceptors (Lipinski definition) is 15. The van der Waals surface area contributed by atoms with Gasteiger partial charge in [-0.05, 0) is 46.1 Å². The number of hydrogen-bond donors (Lipinski definition) is 6. The van der Waals surface area contributed by atoms with Crippen molar-refractivity contribution in [3.63, 3.8) is 0 Å². The van der Waals surface area contributed by atoms with Crippen LogP contribution in [0.1, 0.15) is 95.4 Å². The maximum absolute atomic E-state index is 13.8. The van der Waals surface area contributed by atoms with Crippen molar-refractivity contribution in [3.8, 4) is 0 Å². The molecule has 352 valence electrons. The summed E-state index contributed by atoms with van der Waals surface area (Å²) in [6.07, 6.45) is -0.291. The van der Waals surface area contributed by atoms with Gasteiger partial charge in [-0.15, -0.1) is 0 Å². The number of cyclic esters (lactones) is 1. The zero-order valence-corrected chi connectivity index (χ0v) is 38.4. The molecule has 3 heterocycles. The van der Waals surface area contributed by atoms with E-state index in [2.05, 4.69) is 0 Å². The van der Waals surface area contributed by atoms with Crippen molar-refractivity contribution >= 4 is 18.0 Å². The topological polar surface area (TPSA) is 243 Å². The molecular weight excluding hydrogens is 806 g/mol. The van der Waals surface area contributed by atoms with E-state index >= 15 is 0 Å². The van der Waals surface area contributed by atoms with Crippen molar-refractivity contribution in [2.45, 2.75) is 169 Å². The summed E-state index contributed by atoms with van der Waals surface area (Å²) in [5.41, 5.74) is 6.74. The molecule has 18 atom stereocenters. The molecular formula is C46H73NO15. The zero-order valence-electron chi connectivity index (χ0n) is 38.4. The first-order valence-electron chi connectivity index (χ1n) is 21.6. The second-order valence-electron chi connectivity index (χ2n) is 17.6. The van der Waals surface area contributed by atoms with Crippen molar-refractivity contribution < 1.29 is 73.1 Å². The molecule has 0 saturated carbocycles. The van der Waals surface area contributed by atoms with E-state index in [1.54, 1.807) is 71.9 Å². The lowest BCUT2D eigenvalue weighted by molar-refractivity contribution is -0.339. The van der Waals surface area contributed by atoms with Gasteiger partial charge in [0.15, 0.2) is 18.2 Å². The minimum atomic E-state index is -2.04. The van der Waals surface area contributed by atoms with Gasteiger partial charge in [0.25, 0.3) is 0 Å². The Morgan fingerprint density at radius 1 is 1.02 bits per heavy atom. The third-order valence-corrected chi connectivity index (χ3v) is 12.5. The highest BCUT2D eigenvalue weighted by Gasteiger charge is 2.53. The molecule has 0 unspecified atom stereocenters. The molecule has 0 spiro atoms. The molecule has 16 heteroatoms. The van der Waals surface area contributed by atoms with Gasteiger partial charge in [-0.1, -0.05) is 89.1 Å². The second kappa shape index (κ2) is 23.4. The molecule has 0 aliphatic carbocycles. The molecule has 3 aliphatic heterocycles. The fraction of sp³-hybridized carbons (Fsp3) is 0.717. The van der Waals surface area contributed by atoms with Crippen molar-refractivity contribution in [3.05, 3.63) is 59.4 Å². The Hall–Kier alpha value is -3.61. The summed E-state index contributed by atoms with van der Waals surface area (Å²) in [6, 6.07) is 0. The molecule has 2 fully saturated rings. The van der Waals surface area contributed by atoms with E-state index in [0.29, 0.717) is 12.0 Å². The quantitative estimate of drug-likeness (QED) is 0.101.